The molecular weight excluding hydrogens is 358 g/mol. The maximum atomic E-state index is 13.7. The number of hydrogen-bond acceptors (Lipinski definition) is 4. The quantitative estimate of drug-likeness (QED) is 0.881. The zero-order valence-electron chi connectivity index (χ0n) is 15.9. The van der Waals surface area contributed by atoms with Gasteiger partial charge in [-0.3, -0.25) is 15.1 Å². The monoisotopic (exact) mass is 379 g/mol. The first-order valence-corrected chi connectivity index (χ1v) is 9.35. The number of alkyl carbamates (subject to hydrolysis) is 1. The summed E-state index contributed by atoms with van der Waals surface area (Å²) >= 11 is 0. The minimum absolute atomic E-state index is 0.116. The number of anilines is 2. The van der Waals surface area contributed by atoms with E-state index in [0.717, 1.165) is 5.56 Å². The molecule has 0 saturated carbocycles. The second-order valence-electron chi connectivity index (χ2n) is 7.68. The fraction of sp³-hybridized carbons (Fsp3) is 0.333. The van der Waals surface area contributed by atoms with Gasteiger partial charge >= 0.3 is 12.1 Å². The van der Waals surface area contributed by atoms with Crippen molar-refractivity contribution >= 4 is 23.5 Å². The summed E-state index contributed by atoms with van der Waals surface area (Å²) in [5.41, 5.74) is -0.268. The molecule has 1 spiro atoms. The van der Waals surface area contributed by atoms with Crippen LogP contribution in [0.1, 0.15) is 32.4 Å². The van der Waals surface area contributed by atoms with Gasteiger partial charge in [-0.25, -0.2) is 9.59 Å². The van der Waals surface area contributed by atoms with E-state index in [9.17, 15) is 9.59 Å². The Balaban J connectivity index is 1.78. The van der Waals surface area contributed by atoms with Gasteiger partial charge < -0.3 is 9.47 Å². The second-order valence-corrected chi connectivity index (χ2v) is 7.68. The molecule has 0 aromatic heterocycles. The lowest BCUT2D eigenvalue weighted by molar-refractivity contribution is -0.0778. The minimum atomic E-state index is -1.29. The van der Waals surface area contributed by atoms with Crippen molar-refractivity contribution in [2.24, 2.45) is 0 Å². The van der Waals surface area contributed by atoms with Gasteiger partial charge in [0.1, 0.15) is 6.10 Å². The van der Waals surface area contributed by atoms with Gasteiger partial charge in [-0.1, -0.05) is 36.4 Å². The number of para-hydroxylation sites is 2. The number of ether oxygens (including phenoxy) is 2. The number of hydrogen-bond donors (Lipinski definition) is 1. The molecule has 3 heterocycles. The average Bonchev–Trinajstić information content (AvgIpc) is 3.14. The lowest BCUT2D eigenvalue weighted by Crippen LogP contribution is -2.65. The Kier molecular flexibility index (Phi) is 3.34. The van der Waals surface area contributed by atoms with E-state index in [2.05, 4.69) is 5.32 Å². The van der Waals surface area contributed by atoms with E-state index < -0.39 is 23.6 Å². The summed E-state index contributed by atoms with van der Waals surface area (Å²) in [6.45, 7) is 5.63. The Morgan fingerprint density at radius 2 is 1.71 bits per heavy atom. The van der Waals surface area contributed by atoms with Gasteiger partial charge in [-0.05, 0) is 32.0 Å². The molecule has 2 fully saturated rings. The molecule has 2 saturated heterocycles. The summed E-state index contributed by atoms with van der Waals surface area (Å²) in [4.78, 5) is 29.3. The number of urea groups is 1. The molecule has 1 N–H and O–H groups in total. The summed E-state index contributed by atoms with van der Waals surface area (Å²) in [5.74, 6) is 0. The Hall–Kier alpha value is -3.06. The van der Waals surface area contributed by atoms with E-state index in [1.54, 1.807) is 11.8 Å². The molecular formula is C21H21N3O4. The second kappa shape index (κ2) is 5.48. The van der Waals surface area contributed by atoms with E-state index in [0.29, 0.717) is 11.4 Å². The molecule has 2 aromatic rings. The fourth-order valence-corrected chi connectivity index (χ4v) is 4.70. The Morgan fingerprint density at radius 3 is 2.43 bits per heavy atom. The molecule has 0 radical (unpaired) electrons. The summed E-state index contributed by atoms with van der Waals surface area (Å²) < 4.78 is 12.1. The van der Waals surface area contributed by atoms with Gasteiger partial charge in [0.15, 0.2) is 0 Å². The van der Waals surface area contributed by atoms with Gasteiger partial charge in [0.2, 0.25) is 11.4 Å². The van der Waals surface area contributed by atoms with Crippen LogP contribution in [0, 0.1) is 0 Å². The number of amides is 3. The molecule has 144 valence electrons. The van der Waals surface area contributed by atoms with Crippen molar-refractivity contribution in [2.75, 3.05) is 9.80 Å². The van der Waals surface area contributed by atoms with Crippen LogP contribution in [0.2, 0.25) is 0 Å². The van der Waals surface area contributed by atoms with Crippen LogP contribution in [-0.4, -0.2) is 29.6 Å². The van der Waals surface area contributed by atoms with Crippen molar-refractivity contribution in [1.82, 2.24) is 5.32 Å². The fourth-order valence-electron chi connectivity index (χ4n) is 4.70. The third-order valence-corrected chi connectivity index (χ3v) is 5.72. The lowest BCUT2D eigenvalue weighted by atomic mass is 9.90. The number of nitrogens with one attached hydrogen (secondary N) is 1. The highest BCUT2D eigenvalue weighted by molar-refractivity contribution is 6.12. The standard InChI is InChI=1S/C21H21N3O4/c1-13(2)27-17-15-11-7-8-12-16(15)24-19(26)23(14-9-5-4-6-10-14)20(3)21(17,24)22-18(25)28-20/h4-13,17H,1-3H3,(H,22,25). The lowest BCUT2D eigenvalue weighted by Gasteiger charge is -2.40. The zero-order valence-corrected chi connectivity index (χ0v) is 15.9. The number of benzene rings is 2. The molecule has 0 aliphatic carbocycles. The maximum absolute atomic E-state index is 13.7. The number of rotatable bonds is 3. The van der Waals surface area contributed by atoms with Crippen molar-refractivity contribution in [3.63, 3.8) is 0 Å². The Labute approximate surface area is 162 Å². The molecule has 7 nitrogen and oxygen atoms in total. The zero-order chi connectivity index (χ0) is 19.7. The predicted octanol–water partition coefficient (Wildman–Crippen LogP) is 3.77. The third-order valence-electron chi connectivity index (χ3n) is 5.72. The van der Waals surface area contributed by atoms with Crippen LogP contribution in [0.4, 0.5) is 21.0 Å². The van der Waals surface area contributed by atoms with Crippen LogP contribution in [-0.2, 0) is 9.47 Å². The first-order valence-electron chi connectivity index (χ1n) is 9.35. The third kappa shape index (κ3) is 1.87. The highest BCUT2D eigenvalue weighted by Gasteiger charge is 2.79. The Bertz CT molecular complexity index is 979. The van der Waals surface area contributed by atoms with Crippen LogP contribution in [0.5, 0.6) is 0 Å². The van der Waals surface area contributed by atoms with Gasteiger partial charge in [-0.2, -0.15) is 0 Å². The predicted molar refractivity (Wildman–Crippen MR) is 103 cm³/mol. The number of carbonyl (C=O) groups is 2. The van der Waals surface area contributed by atoms with Crippen molar-refractivity contribution in [2.45, 2.75) is 44.4 Å². The van der Waals surface area contributed by atoms with Crippen LogP contribution >= 0.6 is 0 Å². The first kappa shape index (κ1) is 17.1. The van der Waals surface area contributed by atoms with Crippen molar-refractivity contribution in [3.05, 3.63) is 60.2 Å². The molecule has 5 rings (SSSR count). The minimum Gasteiger partial charge on any atom is -0.418 e. The molecule has 7 heteroatoms. The van der Waals surface area contributed by atoms with Crippen LogP contribution in [0.25, 0.3) is 0 Å². The van der Waals surface area contributed by atoms with Gasteiger partial charge in [0.05, 0.1) is 11.8 Å². The number of fused-ring (bicyclic) bond motifs is 2. The number of nitrogens with zero attached hydrogens (tertiary/aromatic N) is 2. The van der Waals surface area contributed by atoms with E-state index >= 15 is 0 Å². The smallest absolute Gasteiger partial charge is 0.411 e. The van der Waals surface area contributed by atoms with E-state index in [4.69, 9.17) is 9.47 Å². The Morgan fingerprint density at radius 1 is 1.04 bits per heavy atom. The maximum Gasteiger partial charge on any atom is 0.411 e. The van der Waals surface area contributed by atoms with Crippen molar-refractivity contribution in [3.8, 4) is 0 Å². The van der Waals surface area contributed by atoms with Crippen LogP contribution in [0.15, 0.2) is 54.6 Å². The van der Waals surface area contributed by atoms with Crippen molar-refractivity contribution in [1.29, 1.82) is 0 Å². The SMILES string of the molecule is CC(C)OC1c2ccccc2N2C(=O)N(c3ccccc3)C3(C)OC(=O)NC123. The van der Waals surface area contributed by atoms with Crippen molar-refractivity contribution < 1.29 is 19.1 Å². The molecule has 3 unspecified atom stereocenters. The van der Waals surface area contributed by atoms with E-state index in [-0.39, 0.29) is 12.1 Å². The molecule has 3 atom stereocenters. The average molecular weight is 379 g/mol. The highest BCUT2D eigenvalue weighted by atomic mass is 16.6. The normalized spacial score (nSPS) is 30.2. The first-order chi connectivity index (χ1) is 13.4. The molecule has 28 heavy (non-hydrogen) atoms. The summed E-state index contributed by atoms with van der Waals surface area (Å²) in [6, 6.07) is 16.5. The topological polar surface area (TPSA) is 71.1 Å². The summed E-state index contributed by atoms with van der Waals surface area (Å²) in [6.07, 6.45) is -1.26. The van der Waals surface area contributed by atoms with Gasteiger partial charge in [-0.15, -0.1) is 0 Å². The largest absolute Gasteiger partial charge is 0.418 e. The van der Waals surface area contributed by atoms with Gasteiger partial charge in [0, 0.05) is 18.2 Å². The number of carbonyl (C=O) groups excluding carboxylic acids is 2. The molecule has 0 bridgehead atoms. The van der Waals surface area contributed by atoms with Crippen LogP contribution in [0.3, 0.4) is 0 Å². The molecule has 3 amide bonds. The summed E-state index contributed by atoms with van der Waals surface area (Å²) in [5, 5.41) is 2.94. The van der Waals surface area contributed by atoms with E-state index in [1.807, 2.05) is 68.4 Å². The van der Waals surface area contributed by atoms with Gasteiger partial charge in [0.25, 0.3) is 0 Å². The van der Waals surface area contributed by atoms with E-state index in [1.165, 1.54) is 4.90 Å². The molecule has 2 aromatic carbocycles. The van der Waals surface area contributed by atoms with Crippen LogP contribution < -0.4 is 15.1 Å². The highest BCUT2D eigenvalue weighted by Crippen LogP contribution is 2.60. The molecule has 3 aliphatic heterocycles. The summed E-state index contributed by atoms with van der Waals surface area (Å²) in [7, 11) is 0. The molecule has 3 aliphatic rings.